The molecule has 26 heavy (non-hydrogen) atoms. The maximum Gasteiger partial charge on any atom is 0.223 e. The predicted molar refractivity (Wildman–Crippen MR) is 103 cm³/mol. The van der Waals surface area contributed by atoms with Gasteiger partial charge in [-0.15, -0.1) is 0 Å². The molecule has 2 aromatic carbocycles. The van der Waals surface area contributed by atoms with E-state index in [-0.39, 0.29) is 5.91 Å². The summed E-state index contributed by atoms with van der Waals surface area (Å²) in [6, 6.07) is 17.1. The number of para-hydroxylation sites is 1. The minimum atomic E-state index is -0.0191. The molecular formula is C20H20ClN3O2. The molecule has 0 aliphatic heterocycles. The lowest BCUT2D eigenvalue weighted by atomic mass is 10.2. The number of nitrogens with zero attached hydrogens (tertiary/aromatic N) is 3. The number of hydrogen-bond donors (Lipinski definition) is 0. The minimum absolute atomic E-state index is 0.0191. The molecule has 0 unspecified atom stereocenters. The molecule has 0 fully saturated rings. The van der Waals surface area contributed by atoms with Gasteiger partial charge in [0.05, 0.1) is 11.4 Å². The molecule has 0 saturated heterocycles. The highest BCUT2D eigenvalue weighted by atomic mass is 35.5. The lowest BCUT2D eigenvalue weighted by Crippen LogP contribution is -2.22. The molecule has 1 heterocycles. The molecule has 0 radical (unpaired) electrons. The minimum Gasteiger partial charge on any atom is -0.489 e. The molecule has 1 aromatic heterocycles. The Morgan fingerprint density at radius 2 is 1.81 bits per heavy atom. The normalized spacial score (nSPS) is 10.6. The molecule has 0 aliphatic rings. The van der Waals surface area contributed by atoms with E-state index in [9.17, 15) is 4.79 Å². The maximum atomic E-state index is 11.4. The Morgan fingerprint density at radius 1 is 1.15 bits per heavy atom. The van der Waals surface area contributed by atoms with E-state index in [1.54, 1.807) is 16.6 Å². The number of carbonyl (C=O) groups excluding carboxylic acids is 1. The summed E-state index contributed by atoms with van der Waals surface area (Å²) in [4.78, 5) is 13.0. The molecule has 5 nitrogen and oxygen atoms in total. The van der Waals surface area contributed by atoms with Crippen molar-refractivity contribution in [3.05, 3.63) is 71.0 Å². The van der Waals surface area contributed by atoms with Crippen molar-refractivity contribution < 1.29 is 9.53 Å². The zero-order valence-electron chi connectivity index (χ0n) is 14.9. The van der Waals surface area contributed by atoms with Crippen molar-refractivity contribution >= 4 is 23.2 Å². The number of halogens is 1. The smallest absolute Gasteiger partial charge is 0.223 e. The number of rotatable bonds is 5. The van der Waals surface area contributed by atoms with E-state index >= 15 is 0 Å². The van der Waals surface area contributed by atoms with Gasteiger partial charge >= 0.3 is 0 Å². The monoisotopic (exact) mass is 369 g/mol. The van der Waals surface area contributed by atoms with Crippen LogP contribution < -0.4 is 9.64 Å². The van der Waals surface area contributed by atoms with Gasteiger partial charge in [0.2, 0.25) is 5.91 Å². The fourth-order valence-corrected chi connectivity index (χ4v) is 2.87. The summed E-state index contributed by atoms with van der Waals surface area (Å²) in [6.45, 7) is 3.76. The first-order valence-corrected chi connectivity index (χ1v) is 8.61. The number of ether oxygens (including phenoxy) is 1. The number of benzene rings is 2. The Kier molecular flexibility index (Phi) is 5.28. The van der Waals surface area contributed by atoms with Gasteiger partial charge in [-0.1, -0.05) is 29.8 Å². The van der Waals surface area contributed by atoms with Crippen LogP contribution in [0.25, 0.3) is 5.69 Å². The number of hydrogen-bond acceptors (Lipinski definition) is 3. The van der Waals surface area contributed by atoms with Gasteiger partial charge in [-0.3, -0.25) is 4.79 Å². The molecule has 3 rings (SSSR count). The lowest BCUT2D eigenvalue weighted by molar-refractivity contribution is -0.116. The zero-order chi connectivity index (χ0) is 18.7. The summed E-state index contributed by atoms with van der Waals surface area (Å²) >= 11 is 6.51. The number of amides is 1. The average molecular weight is 370 g/mol. The third-order valence-electron chi connectivity index (χ3n) is 4.20. The van der Waals surface area contributed by atoms with E-state index in [1.165, 1.54) is 6.92 Å². The lowest BCUT2D eigenvalue weighted by Gasteiger charge is -2.15. The summed E-state index contributed by atoms with van der Waals surface area (Å²) < 4.78 is 7.57. The fourth-order valence-electron chi connectivity index (χ4n) is 2.54. The molecule has 0 atom stereocenters. The summed E-state index contributed by atoms with van der Waals surface area (Å²) in [5.74, 6) is 0.683. The van der Waals surface area contributed by atoms with Gasteiger partial charge < -0.3 is 9.64 Å². The standard InChI is InChI=1S/C20H20ClN3O2/c1-14-19(20(21)24(22-14)17-7-5-4-6-8-17)13-26-18-11-9-16(10-12-18)23(3)15(2)25/h4-12H,13H2,1-3H3. The topological polar surface area (TPSA) is 47.4 Å². The van der Waals surface area contributed by atoms with Crippen LogP contribution in [0.3, 0.4) is 0 Å². The molecular weight excluding hydrogens is 350 g/mol. The Morgan fingerprint density at radius 3 is 2.42 bits per heavy atom. The molecule has 134 valence electrons. The second kappa shape index (κ2) is 7.62. The van der Waals surface area contributed by atoms with Crippen molar-refractivity contribution in [1.29, 1.82) is 0 Å². The number of aromatic nitrogens is 2. The fraction of sp³-hybridized carbons (Fsp3) is 0.200. The van der Waals surface area contributed by atoms with Gasteiger partial charge in [0.15, 0.2) is 0 Å². The van der Waals surface area contributed by atoms with Crippen molar-refractivity contribution in [2.75, 3.05) is 11.9 Å². The van der Waals surface area contributed by atoms with Crippen LogP contribution in [0, 0.1) is 6.92 Å². The number of anilines is 1. The Bertz CT molecular complexity index is 905. The highest BCUT2D eigenvalue weighted by Gasteiger charge is 2.15. The van der Waals surface area contributed by atoms with Gasteiger partial charge in [0.25, 0.3) is 0 Å². The Labute approximate surface area is 157 Å². The maximum absolute atomic E-state index is 11.4. The van der Waals surface area contributed by atoms with E-state index in [0.29, 0.717) is 17.5 Å². The van der Waals surface area contributed by atoms with Crippen LogP contribution in [0.1, 0.15) is 18.2 Å². The second-order valence-electron chi connectivity index (χ2n) is 5.96. The molecule has 0 spiro atoms. The van der Waals surface area contributed by atoms with Gasteiger partial charge in [-0.25, -0.2) is 4.68 Å². The molecule has 0 bridgehead atoms. The summed E-state index contributed by atoms with van der Waals surface area (Å²) in [7, 11) is 1.74. The van der Waals surface area contributed by atoms with Crippen molar-refractivity contribution in [3.8, 4) is 11.4 Å². The molecule has 0 aliphatic carbocycles. The summed E-state index contributed by atoms with van der Waals surface area (Å²) in [6.07, 6.45) is 0. The van der Waals surface area contributed by atoms with E-state index in [0.717, 1.165) is 22.6 Å². The third kappa shape index (κ3) is 3.73. The number of aryl methyl sites for hydroxylation is 1. The quantitative estimate of drug-likeness (QED) is 0.669. The molecule has 0 N–H and O–H groups in total. The molecule has 6 heteroatoms. The molecule has 0 saturated carbocycles. The van der Waals surface area contributed by atoms with Crippen LogP contribution in [-0.4, -0.2) is 22.7 Å². The van der Waals surface area contributed by atoms with Gasteiger partial charge in [-0.2, -0.15) is 5.10 Å². The van der Waals surface area contributed by atoms with E-state index in [1.807, 2.05) is 61.5 Å². The van der Waals surface area contributed by atoms with Crippen molar-refractivity contribution in [2.24, 2.45) is 0 Å². The SMILES string of the molecule is CC(=O)N(C)c1ccc(OCc2c(C)nn(-c3ccccc3)c2Cl)cc1. The largest absolute Gasteiger partial charge is 0.489 e. The summed E-state index contributed by atoms with van der Waals surface area (Å²) in [5.41, 5.74) is 3.40. The second-order valence-corrected chi connectivity index (χ2v) is 6.32. The number of carbonyl (C=O) groups is 1. The van der Waals surface area contributed by atoms with Gasteiger partial charge in [-0.05, 0) is 43.3 Å². The highest BCUT2D eigenvalue weighted by Crippen LogP contribution is 2.26. The average Bonchev–Trinajstić information content (AvgIpc) is 2.94. The Balaban J connectivity index is 1.74. The van der Waals surface area contributed by atoms with Crippen molar-refractivity contribution in [1.82, 2.24) is 9.78 Å². The van der Waals surface area contributed by atoms with E-state index < -0.39 is 0 Å². The van der Waals surface area contributed by atoms with Crippen LogP contribution >= 0.6 is 11.6 Å². The van der Waals surface area contributed by atoms with Crippen LogP contribution in [0.2, 0.25) is 5.15 Å². The highest BCUT2D eigenvalue weighted by molar-refractivity contribution is 6.30. The molecule has 3 aromatic rings. The van der Waals surface area contributed by atoms with Gasteiger partial charge in [0.1, 0.15) is 17.5 Å². The van der Waals surface area contributed by atoms with E-state index in [2.05, 4.69) is 5.10 Å². The zero-order valence-corrected chi connectivity index (χ0v) is 15.7. The van der Waals surface area contributed by atoms with Gasteiger partial charge in [0, 0.05) is 25.2 Å². The van der Waals surface area contributed by atoms with Crippen LogP contribution in [0.4, 0.5) is 5.69 Å². The first-order valence-electron chi connectivity index (χ1n) is 8.24. The first kappa shape index (κ1) is 18.0. The third-order valence-corrected chi connectivity index (χ3v) is 4.59. The molecule has 1 amide bonds. The summed E-state index contributed by atoms with van der Waals surface area (Å²) in [5, 5.41) is 5.05. The van der Waals surface area contributed by atoms with Crippen molar-refractivity contribution in [3.63, 3.8) is 0 Å². The first-order chi connectivity index (χ1) is 12.5. The van der Waals surface area contributed by atoms with Crippen LogP contribution in [0.5, 0.6) is 5.75 Å². The van der Waals surface area contributed by atoms with Crippen LogP contribution in [-0.2, 0) is 11.4 Å². The predicted octanol–water partition coefficient (Wildman–Crippen LogP) is 4.40. The van der Waals surface area contributed by atoms with E-state index in [4.69, 9.17) is 16.3 Å². The van der Waals surface area contributed by atoms with Crippen LogP contribution in [0.15, 0.2) is 54.6 Å². The van der Waals surface area contributed by atoms with Crippen molar-refractivity contribution in [2.45, 2.75) is 20.5 Å². The Hall–Kier alpha value is -2.79.